The minimum Gasteiger partial charge on any atom is -0.506 e. The van der Waals surface area contributed by atoms with E-state index in [1.165, 1.54) is 23.6 Å². The predicted octanol–water partition coefficient (Wildman–Crippen LogP) is 6.08. The second-order valence-electron chi connectivity index (χ2n) is 17.1. The number of carbonyl (C=O) groups is 4. The van der Waals surface area contributed by atoms with Crippen molar-refractivity contribution in [3.63, 3.8) is 0 Å². The minimum absolute atomic E-state index is 0.0162. The standard InChI is InChI=1S/C45H57F2N5O7.C2HF3O2/c46-35-10-11-37(38(47)28-35)44(56)51-23-26-59-45(31-51)16-20-50(21-17-45)29-33-6-4-5-32(27-33)14-24-57-25-15-41(55)52(36-7-2-1-3-8-36)22-19-48-18-13-34-9-12-39(53)42-43(34)58-30-40(54)49-42;3-2(4,5)1(6)7/h4-6,9-12,27-28,36,48,53H,1-3,7-8,13-26,29-31H2,(H,49,54);(H,6,7). The monoisotopic (exact) mass is 931 g/mol. The molecule has 7 rings (SSSR count). The number of hydrogen-bond acceptors (Lipinski definition) is 10. The van der Waals surface area contributed by atoms with Crippen LogP contribution in [0.2, 0.25) is 0 Å². The molecule has 0 aromatic heterocycles. The van der Waals surface area contributed by atoms with E-state index in [2.05, 4.69) is 39.8 Å². The number of carbonyl (C=O) groups excluding carboxylic acids is 3. The first-order valence-corrected chi connectivity index (χ1v) is 22.4. The molecule has 3 heterocycles. The summed E-state index contributed by atoms with van der Waals surface area (Å²) in [5, 5.41) is 23.4. The molecule has 0 bridgehead atoms. The van der Waals surface area contributed by atoms with Crippen LogP contribution in [0.1, 0.15) is 78.4 Å². The van der Waals surface area contributed by atoms with Crippen LogP contribution in [-0.4, -0.2) is 139 Å². The molecule has 0 unspecified atom stereocenters. The number of morpholine rings is 1. The molecule has 3 fully saturated rings. The summed E-state index contributed by atoms with van der Waals surface area (Å²) >= 11 is 0. The molecule has 1 saturated carbocycles. The molecule has 0 atom stereocenters. The van der Waals surface area contributed by atoms with Gasteiger partial charge in [-0.05, 0) is 80.0 Å². The van der Waals surface area contributed by atoms with Crippen molar-refractivity contribution >= 4 is 29.4 Å². The van der Waals surface area contributed by atoms with Crippen molar-refractivity contribution in [3.8, 4) is 11.5 Å². The van der Waals surface area contributed by atoms with Gasteiger partial charge in [-0.25, -0.2) is 13.6 Å². The lowest BCUT2D eigenvalue weighted by Gasteiger charge is -2.47. The van der Waals surface area contributed by atoms with Crippen molar-refractivity contribution in [2.24, 2.45) is 0 Å². The van der Waals surface area contributed by atoms with Gasteiger partial charge in [0.2, 0.25) is 5.91 Å². The molecule has 1 spiro atoms. The van der Waals surface area contributed by atoms with E-state index in [-0.39, 0.29) is 35.8 Å². The van der Waals surface area contributed by atoms with Gasteiger partial charge in [-0.3, -0.25) is 19.3 Å². The zero-order valence-corrected chi connectivity index (χ0v) is 36.8. The fourth-order valence-corrected chi connectivity index (χ4v) is 8.87. The SMILES string of the molecule is O=C(O)C(F)(F)F.O=C1COc2c(CCNCCN(C(=O)CCOCCc3cccc(CN4CCC5(CC4)CN(C(=O)c4ccc(F)cc4F)CCO5)c3)C3CCCCC3)ccc(O)c2N1. The first-order chi connectivity index (χ1) is 31.6. The number of fused-ring (bicyclic) bond motifs is 1. The molecular weight excluding hydrogens is 874 g/mol. The number of anilines is 1. The number of carboxylic acids is 1. The number of nitrogens with one attached hydrogen (secondary N) is 2. The predicted molar refractivity (Wildman–Crippen MR) is 232 cm³/mol. The van der Waals surface area contributed by atoms with E-state index in [9.17, 15) is 41.4 Å². The second kappa shape index (κ2) is 23.4. The van der Waals surface area contributed by atoms with Crippen LogP contribution >= 0.6 is 0 Å². The fraction of sp³-hybridized carbons (Fsp3) is 0.532. The third-order valence-electron chi connectivity index (χ3n) is 12.4. The molecule has 3 aromatic carbocycles. The molecule has 4 aliphatic rings. The van der Waals surface area contributed by atoms with Gasteiger partial charge in [0.15, 0.2) is 12.4 Å². The molecule has 360 valence electrons. The number of piperidine rings is 1. The Labute approximate surface area is 380 Å². The van der Waals surface area contributed by atoms with Gasteiger partial charge in [0.25, 0.3) is 11.8 Å². The lowest BCUT2D eigenvalue weighted by Crippen LogP contribution is -2.58. The number of aliphatic carboxylic acids is 1. The number of phenolic OH excluding ortho intramolecular Hbond substituents is 1. The van der Waals surface area contributed by atoms with E-state index >= 15 is 0 Å². The lowest BCUT2D eigenvalue weighted by molar-refractivity contribution is -0.192. The highest BCUT2D eigenvalue weighted by Gasteiger charge is 2.42. The molecule has 2 saturated heterocycles. The van der Waals surface area contributed by atoms with Crippen LogP contribution in [-0.2, 0) is 43.2 Å². The summed E-state index contributed by atoms with van der Waals surface area (Å²) in [5.74, 6) is -4.41. The Hall–Kier alpha value is -5.37. The summed E-state index contributed by atoms with van der Waals surface area (Å²) in [7, 11) is 0. The van der Waals surface area contributed by atoms with Crippen LogP contribution in [0.15, 0.2) is 54.6 Å². The van der Waals surface area contributed by atoms with Crippen LogP contribution in [0.3, 0.4) is 0 Å². The van der Waals surface area contributed by atoms with Crippen molar-refractivity contribution in [1.29, 1.82) is 0 Å². The number of hydrogen-bond donors (Lipinski definition) is 4. The maximum atomic E-state index is 14.4. The van der Waals surface area contributed by atoms with E-state index in [1.54, 1.807) is 11.0 Å². The zero-order valence-electron chi connectivity index (χ0n) is 36.8. The Bertz CT molecular complexity index is 2150. The van der Waals surface area contributed by atoms with E-state index in [1.807, 2.05) is 11.0 Å². The van der Waals surface area contributed by atoms with Crippen LogP contribution in [0.5, 0.6) is 11.5 Å². The summed E-state index contributed by atoms with van der Waals surface area (Å²) < 4.78 is 77.4. The number of aromatic hydroxyl groups is 1. The fourth-order valence-electron chi connectivity index (χ4n) is 8.87. The highest BCUT2D eigenvalue weighted by atomic mass is 19.4. The van der Waals surface area contributed by atoms with Gasteiger partial charge >= 0.3 is 12.1 Å². The van der Waals surface area contributed by atoms with Crippen LogP contribution in [0.4, 0.5) is 27.6 Å². The molecule has 19 heteroatoms. The molecule has 3 aromatic rings. The Kier molecular flexibility index (Phi) is 17.7. The third kappa shape index (κ3) is 14.1. The maximum absolute atomic E-state index is 14.4. The van der Waals surface area contributed by atoms with Gasteiger partial charge in [-0.15, -0.1) is 0 Å². The number of halogens is 5. The molecule has 3 amide bonds. The third-order valence-corrected chi connectivity index (χ3v) is 12.4. The summed E-state index contributed by atoms with van der Waals surface area (Å²) in [6.45, 7) is 6.31. The normalized spacial score (nSPS) is 17.5. The van der Waals surface area contributed by atoms with Crippen molar-refractivity contribution in [3.05, 3.63) is 88.5 Å². The molecule has 4 N–H and O–H groups in total. The Morgan fingerprint density at radius 2 is 1.68 bits per heavy atom. The average molecular weight is 932 g/mol. The first kappa shape index (κ1) is 50.1. The van der Waals surface area contributed by atoms with Gasteiger partial charge in [-0.2, -0.15) is 13.2 Å². The lowest BCUT2D eigenvalue weighted by atomic mass is 9.88. The number of likely N-dealkylation sites (tertiary alicyclic amines) is 1. The average Bonchev–Trinajstić information content (AvgIpc) is 3.29. The summed E-state index contributed by atoms with van der Waals surface area (Å²) in [6.07, 6.45) is 3.70. The topological polar surface area (TPSA) is 170 Å². The number of benzene rings is 3. The van der Waals surface area contributed by atoms with E-state index < -0.39 is 35.3 Å². The van der Waals surface area contributed by atoms with Crippen molar-refractivity contribution in [1.82, 2.24) is 20.0 Å². The van der Waals surface area contributed by atoms with Crippen molar-refractivity contribution in [2.45, 2.75) is 88.6 Å². The number of ether oxygens (including phenoxy) is 3. The molecule has 14 nitrogen and oxygen atoms in total. The number of phenols is 1. The van der Waals surface area contributed by atoms with Crippen LogP contribution in [0, 0.1) is 11.6 Å². The first-order valence-electron chi connectivity index (χ1n) is 22.4. The number of alkyl halides is 3. The van der Waals surface area contributed by atoms with E-state index in [0.29, 0.717) is 76.8 Å². The number of rotatable bonds is 16. The van der Waals surface area contributed by atoms with Gasteiger partial charge in [0, 0.05) is 51.4 Å². The van der Waals surface area contributed by atoms with Crippen molar-refractivity contribution in [2.75, 3.05) is 77.6 Å². The highest BCUT2D eigenvalue weighted by Crippen LogP contribution is 2.39. The van der Waals surface area contributed by atoms with Gasteiger partial charge < -0.3 is 44.9 Å². The Morgan fingerprint density at radius 1 is 0.939 bits per heavy atom. The molecule has 3 aliphatic heterocycles. The smallest absolute Gasteiger partial charge is 0.490 e. The van der Waals surface area contributed by atoms with Gasteiger partial charge in [0.1, 0.15) is 23.1 Å². The van der Waals surface area contributed by atoms with Crippen LogP contribution < -0.4 is 15.4 Å². The molecule has 66 heavy (non-hydrogen) atoms. The molecular formula is C47H58F5N5O9. The number of amides is 3. The molecule has 1 aliphatic carbocycles. The quantitative estimate of drug-likeness (QED) is 0.0746. The summed E-state index contributed by atoms with van der Waals surface area (Å²) in [4.78, 5) is 53.3. The second-order valence-corrected chi connectivity index (χ2v) is 17.1. The van der Waals surface area contributed by atoms with Gasteiger partial charge in [-0.1, -0.05) is 49.6 Å². The highest BCUT2D eigenvalue weighted by molar-refractivity contribution is 5.97. The van der Waals surface area contributed by atoms with E-state index in [0.717, 1.165) is 82.3 Å². The minimum atomic E-state index is -5.08. The summed E-state index contributed by atoms with van der Waals surface area (Å²) in [6, 6.07) is 15.2. The van der Waals surface area contributed by atoms with Crippen molar-refractivity contribution < 1.29 is 65.6 Å². The molecule has 0 radical (unpaired) electrons. The zero-order chi connectivity index (χ0) is 47.3. The van der Waals surface area contributed by atoms with Gasteiger partial charge in [0.05, 0.1) is 44.0 Å². The van der Waals surface area contributed by atoms with E-state index in [4.69, 9.17) is 24.1 Å². The number of nitrogens with zero attached hydrogens (tertiary/aromatic N) is 3. The largest absolute Gasteiger partial charge is 0.506 e. The Balaban J connectivity index is 0.000000952. The van der Waals surface area contributed by atoms with Crippen LogP contribution in [0.25, 0.3) is 0 Å². The number of carboxylic acid groups (broad SMARTS) is 1. The Morgan fingerprint density at radius 3 is 2.41 bits per heavy atom. The summed E-state index contributed by atoms with van der Waals surface area (Å²) in [5.41, 5.74) is 3.02. The maximum Gasteiger partial charge on any atom is 0.490 e.